The molecule has 3 rings (SSSR count). The predicted octanol–water partition coefficient (Wildman–Crippen LogP) is 4.87. The number of hydrogen-bond donors (Lipinski definition) is 2. The van der Waals surface area contributed by atoms with E-state index in [1.54, 1.807) is 0 Å². The lowest BCUT2D eigenvalue weighted by atomic mass is 9.87. The van der Waals surface area contributed by atoms with E-state index in [4.69, 9.17) is 0 Å². The highest BCUT2D eigenvalue weighted by Gasteiger charge is 2.18. The molecule has 0 saturated heterocycles. The minimum atomic E-state index is -0.892. The summed E-state index contributed by atoms with van der Waals surface area (Å²) < 4.78 is 0. The van der Waals surface area contributed by atoms with Crippen molar-refractivity contribution >= 4 is 22.7 Å². The standard InChI is InChI=1S/C22H25N3O2/c1-5-17(21(26)27)23-20-16-8-6-7-9-18(16)24-19(25-20)14-10-12-15(13-11-14)22(2,3)4/h6-13,17H,5H2,1-4H3,(H,26,27)(H,23,24,25)/t17-/m0/s1. The largest absolute Gasteiger partial charge is 0.480 e. The van der Waals surface area contributed by atoms with Gasteiger partial charge < -0.3 is 10.4 Å². The van der Waals surface area contributed by atoms with Crippen molar-refractivity contribution in [3.05, 3.63) is 54.1 Å². The Bertz CT molecular complexity index is 959. The molecule has 0 aliphatic carbocycles. The van der Waals surface area contributed by atoms with Crippen LogP contribution in [-0.2, 0) is 10.2 Å². The van der Waals surface area contributed by atoms with Crippen molar-refractivity contribution in [2.24, 2.45) is 0 Å². The van der Waals surface area contributed by atoms with Gasteiger partial charge in [0.15, 0.2) is 5.82 Å². The van der Waals surface area contributed by atoms with Gasteiger partial charge in [-0.1, -0.05) is 64.1 Å². The van der Waals surface area contributed by atoms with Gasteiger partial charge in [0, 0.05) is 10.9 Å². The number of carbonyl (C=O) groups is 1. The van der Waals surface area contributed by atoms with Crippen LogP contribution in [0, 0.1) is 0 Å². The maximum absolute atomic E-state index is 11.5. The molecule has 5 nitrogen and oxygen atoms in total. The van der Waals surface area contributed by atoms with Gasteiger partial charge in [0.1, 0.15) is 11.9 Å². The van der Waals surface area contributed by atoms with E-state index < -0.39 is 12.0 Å². The summed E-state index contributed by atoms with van der Waals surface area (Å²) in [5.41, 5.74) is 3.00. The fourth-order valence-electron chi connectivity index (χ4n) is 2.94. The molecule has 2 aromatic carbocycles. The first kappa shape index (κ1) is 18.8. The Morgan fingerprint density at radius 3 is 2.33 bits per heavy atom. The summed E-state index contributed by atoms with van der Waals surface area (Å²) in [6, 6.07) is 15.2. The quantitative estimate of drug-likeness (QED) is 0.676. The van der Waals surface area contributed by atoms with E-state index in [0.29, 0.717) is 18.1 Å². The van der Waals surface area contributed by atoms with Crippen LogP contribution in [0.25, 0.3) is 22.3 Å². The van der Waals surface area contributed by atoms with Crippen molar-refractivity contribution in [1.82, 2.24) is 9.97 Å². The van der Waals surface area contributed by atoms with Gasteiger partial charge in [-0.05, 0) is 29.5 Å². The fraction of sp³-hybridized carbons (Fsp3) is 0.318. The number of benzene rings is 2. The lowest BCUT2D eigenvalue weighted by Crippen LogP contribution is -2.29. The predicted molar refractivity (Wildman–Crippen MR) is 109 cm³/mol. The summed E-state index contributed by atoms with van der Waals surface area (Å²) in [5.74, 6) is 0.234. The molecule has 3 aromatic rings. The molecule has 1 heterocycles. The van der Waals surface area contributed by atoms with Crippen LogP contribution in [0.4, 0.5) is 5.82 Å². The number of aliphatic carboxylic acids is 1. The third kappa shape index (κ3) is 4.08. The van der Waals surface area contributed by atoms with Crippen molar-refractivity contribution in [3.8, 4) is 11.4 Å². The molecule has 1 atom stereocenters. The Hall–Kier alpha value is -2.95. The van der Waals surface area contributed by atoms with Gasteiger partial charge in [0.2, 0.25) is 0 Å². The van der Waals surface area contributed by atoms with E-state index in [-0.39, 0.29) is 5.41 Å². The summed E-state index contributed by atoms with van der Waals surface area (Å²) in [4.78, 5) is 20.8. The Kier molecular flexibility index (Phi) is 5.13. The van der Waals surface area contributed by atoms with E-state index in [0.717, 1.165) is 16.5 Å². The number of fused-ring (bicyclic) bond motifs is 1. The van der Waals surface area contributed by atoms with Crippen LogP contribution < -0.4 is 5.32 Å². The normalized spacial score (nSPS) is 12.7. The lowest BCUT2D eigenvalue weighted by Gasteiger charge is -2.19. The van der Waals surface area contributed by atoms with E-state index >= 15 is 0 Å². The van der Waals surface area contributed by atoms with Gasteiger partial charge in [-0.15, -0.1) is 0 Å². The van der Waals surface area contributed by atoms with E-state index in [2.05, 4.69) is 48.2 Å². The van der Waals surface area contributed by atoms with Crippen molar-refractivity contribution in [2.45, 2.75) is 45.6 Å². The molecule has 27 heavy (non-hydrogen) atoms. The van der Waals surface area contributed by atoms with Crippen LogP contribution in [0.2, 0.25) is 0 Å². The number of para-hydroxylation sites is 1. The number of rotatable bonds is 5. The van der Waals surface area contributed by atoms with Crippen molar-refractivity contribution in [3.63, 3.8) is 0 Å². The molecular weight excluding hydrogens is 338 g/mol. The number of anilines is 1. The first-order valence-corrected chi connectivity index (χ1v) is 9.16. The van der Waals surface area contributed by atoms with Gasteiger partial charge in [0.25, 0.3) is 0 Å². The molecule has 0 aliphatic rings. The molecule has 0 spiro atoms. The molecule has 0 unspecified atom stereocenters. The van der Waals surface area contributed by atoms with E-state index in [1.807, 2.05) is 43.3 Å². The molecule has 0 amide bonds. The Morgan fingerprint density at radius 2 is 1.74 bits per heavy atom. The fourth-order valence-corrected chi connectivity index (χ4v) is 2.94. The van der Waals surface area contributed by atoms with Crippen LogP contribution in [0.3, 0.4) is 0 Å². The minimum absolute atomic E-state index is 0.0747. The lowest BCUT2D eigenvalue weighted by molar-refractivity contribution is -0.137. The summed E-state index contributed by atoms with van der Waals surface area (Å²) in [6.45, 7) is 8.36. The van der Waals surface area contributed by atoms with Crippen LogP contribution >= 0.6 is 0 Å². The molecule has 0 bridgehead atoms. The summed E-state index contributed by atoms with van der Waals surface area (Å²) in [7, 11) is 0. The molecule has 140 valence electrons. The van der Waals surface area contributed by atoms with Gasteiger partial charge in [-0.3, -0.25) is 0 Å². The molecule has 2 N–H and O–H groups in total. The third-order valence-electron chi connectivity index (χ3n) is 4.63. The molecule has 0 saturated carbocycles. The van der Waals surface area contributed by atoms with Gasteiger partial charge in [0.05, 0.1) is 5.52 Å². The zero-order valence-electron chi connectivity index (χ0n) is 16.2. The Labute approximate surface area is 159 Å². The SMILES string of the molecule is CC[C@H](Nc1nc(-c2ccc(C(C)(C)C)cc2)nc2ccccc12)C(=O)O. The Balaban J connectivity index is 2.07. The summed E-state index contributed by atoms with van der Waals surface area (Å²) >= 11 is 0. The molecule has 0 aliphatic heterocycles. The van der Waals surface area contributed by atoms with Crippen molar-refractivity contribution in [2.75, 3.05) is 5.32 Å². The monoisotopic (exact) mass is 363 g/mol. The minimum Gasteiger partial charge on any atom is -0.480 e. The molecular formula is C22H25N3O2. The Morgan fingerprint density at radius 1 is 1.07 bits per heavy atom. The molecule has 0 fully saturated rings. The van der Waals surface area contributed by atoms with Crippen molar-refractivity contribution < 1.29 is 9.90 Å². The second kappa shape index (κ2) is 7.35. The third-order valence-corrected chi connectivity index (χ3v) is 4.63. The van der Waals surface area contributed by atoms with Gasteiger partial charge >= 0.3 is 5.97 Å². The highest BCUT2D eigenvalue weighted by atomic mass is 16.4. The number of aromatic nitrogens is 2. The maximum Gasteiger partial charge on any atom is 0.326 e. The van der Waals surface area contributed by atoms with Crippen LogP contribution in [0.5, 0.6) is 0 Å². The highest BCUT2D eigenvalue weighted by molar-refractivity contribution is 5.92. The zero-order chi connectivity index (χ0) is 19.6. The average Bonchev–Trinajstić information content (AvgIpc) is 2.65. The highest BCUT2D eigenvalue weighted by Crippen LogP contribution is 2.28. The first-order valence-electron chi connectivity index (χ1n) is 9.16. The smallest absolute Gasteiger partial charge is 0.326 e. The van der Waals surface area contributed by atoms with Crippen molar-refractivity contribution in [1.29, 1.82) is 0 Å². The number of nitrogens with zero attached hydrogens (tertiary/aromatic N) is 2. The zero-order valence-corrected chi connectivity index (χ0v) is 16.2. The van der Waals surface area contributed by atoms with Gasteiger partial charge in [-0.25, -0.2) is 14.8 Å². The van der Waals surface area contributed by atoms with Crippen LogP contribution in [0.1, 0.15) is 39.7 Å². The number of carboxylic acids is 1. The van der Waals surface area contributed by atoms with Gasteiger partial charge in [-0.2, -0.15) is 0 Å². The number of nitrogens with one attached hydrogen (secondary N) is 1. The second-order valence-corrected chi connectivity index (χ2v) is 7.68. The van der Waals surface area contributed by atoms with Crippen LogP contribution in [0.15, 0.2) is 48.5 Å². The molecule has 0 radical (unpaired) electrons. The maximum atomic E-state index is 11.5. The number of hydrogen-bond acceptors (Lipinski definition) is 4. The topological polar surface area (TPSA) is 75.1 Å². The van der Waals surface area contributed by atoms with E-state index in [9.17, 15) is 9.90 Å². The summed E-state index contributed by atoms with van der Waals surface area (Å²) in [6.07, 6.45) is 0.462. The first-order chi connectivity index (χ1) is 12.8. The second-order valence-electron chi connectivity index (χ2n) is 7.68. The average molecular weight is 363 g/mol. The van der Waals surface area contributed by atoms with Crippen LogP contribution in [-0.4, -0.2) is 27.1 Å². The molecule has 1 aromatic heterocycles. The number of carboxylic acid groups (broad SMARTS) is 1. The molecule has 5 heteroatoms. The van der Waals surface area contributed by atoms with E-state index in [1.165, 1.54) is 5.56 Å². The summed E-state index contributed by atoms with van der Waals surface area (Å²) in [5, 5.41) is 13.3.